The van der Waals surface area contributed by atoms with E-state index < -0.39 is 28.9 Å². The molecular weight excluding hydrogens is 392 g/mol. The number of non-ortho nitro benzene ring substituents is 1. The van der Waals surface area contributed by atoms with Crippen LogP contribution in [0.4, 0.5) is 5.69 Å². The summed E-state index contributed by atoms with van der Waals surface area (Å²) in [4.78, 5) is 41.2. The van der Waals surface area contributed by atoms with Crippen molar-refractivity contribution >= 4 is 28.3 Å². The van der Waals surface area contributed by atoms with E-state index in [1.54, 1.807) is 36.4 Å². The highest BCUT2D eigenvalue weighted by molar-refractivity contribution is 6.03. The van der Waals surface area contributed by atoms with Gasteiger partial charge in [-0.25, -0.2) is 10.4 Å². The molecule has 0 fully saturated rings. The number of amides is 1. The fraction of sp³-hybridized carbons (Fsp3) is 0.105. The molecule has 0 bridgehead atoms. The molecule has 2 aromatic carbocycles. The van der Waals surface area contributed by atoms with Crippen LogP contribution < -0.4 is 11.0 Å². The zero-order chi connectivity index (χ0) is 21.7. The highest BCUT2D eigenvalue weighted by Gasteiger charge is 2.23. The minimum atomic E-state index is -1.42. The average molecular weight is 406 g/mol. The van der Waals surface area contributed by atoms with Gasteiger partial charge >= 0.3 is 0 Å². The summed E-state index contributed by atoms with van der Waals surface area (Å²) in [7, 11) is 0. The van der Waals surface area contributed by atoms with Gasteiger partial charge in [0.25, 0.3) is 17.2 Å². The van der Waals surface area contributed by atoms with Crippen LogP contribution in [-0.4, -0.2) is 31.6 Å². The number of nitro groups is 1. The van der Waals surface area contributed by atoms with Crippen molar-refractivity contribution in [2.75, 3.05) is 0 Å². The fourth-order valence-electron chi connectivity index (χ4n) is 2.63. The summed E-state index contributed by atoms with van der Waals surface area (Å²) in [6.45, 7) is 0. The summed E-state index contributed by atoms with van der Waals surface area (Å²) in [6, 6.07) is 13.6. The Bertz CT molecular complexity index is 1250. The number of hydrazone groups is 1. The third-order valence-electron chi connectivity index (χ3n) is 4.04. The minimum Gasteiger partial charge on any atom is -0.382 e. The molecule has 1 aromatic heterocycles. The smallest absolute Gasteiger partial charge is 0.276 e. The first kappa shape index (κ1) is 20.3. The van der Waals surface area contributed by atoms with Gasteiger partial charge in [-0.1, -0.05) is 30.3 Å². The molecule has 3 rings (SSSR count). The molecule has 3 N–H and O–H groups in total. The molecule has 0 radical (unpaired) electrons. The van der Waals surface area contributed by atoms with Crippen LogP contribution in [0.2, 0.25) is 0 Å². The second kappa shape index (κ2) is 8.72. The highest BCUT2D eigenvalue weighted by atomic mass is 16.6. The lowest BCUT2D eigenvalue weighted by Crippen LogP contribution is -2.29. The molecule has 0 aliphatic heterocycles. The third-order valence-corrected chi connectivity index (χ3v) is 4.04. The topological polar surface area (TPSA) is 174 Å². The van der Waals surface area contributed by atoms with E-state index in [4.69, 9.17) is 5.26 Å². The first-order valence-electron chi connectivity index (χ1n) is 8.56. The monoisotopic (exact) mass is 406 g/mol. The Morgan fingerprint density at radius 3 is 2.73 bits per heavy atom. The molecular formula is C19H14N6O5. The van der Waals surface area contributed by atoms with Gasteiger partial charge in [0.05, 0.1) is 22.0 Å². The Hall–Kier alpha value is -4.43. The number of nitriles is 1. The number of carbonyl (C=O) groups excluding carboxylic acids is 1. The molecule has 1 unspecified atom stereocenters. The second-order valence-electron chi connectivity index (χ2n) is 6.05. The Balaban J connectivity index is 2.12. The normalized spacial score (nSPS) is 12.2. The number of hydrogen-bond donors (Lipinski definition) is 3. The second-order valence-corrected chi connectivity index (χ2v) is 6.05. The molecule has 0 aliphatic rings. The summed E-state index contributed by atoms with van der Waals surface area (Å²) >= 11 is 0. The number of aliphatic hydroxyl groups excluding tert-OH is 1. The van der Waals surface area contributed by atoms with Gasteiger partial charge in [0, 0.05) is 12.1 Å². The van der Waals surface area contributed by atoms with Crippen molar-refractivity contribution in [1.82, 2.24) is 15.4 Å². The van der Waals surface area contributed by atoms with E-state index in [0.717, 1.165) is 6.07 Å². The van der Waals surface area contributed by atoms with Crippen molar-refractivity contribution in [3.05, 3.63) is 80.3 Å². The van der Waals surface area contributed by atoms with Gasteiger partial charge in [0.2, 0.25) is 0 Å². The Labute approximate surface area is 168 Å². The molecule has 0 aliphatic carbocycles. The first-order chi connectivity index (χ1) is 14.4. The Morgan fingerprint density at radius 2 is 2.07 bits per heavy atom. The van der Waals surface area contributed by atoms with Crippen LogP contribution in [-0.2, 0) is 4.79 Å². The number of hydrogen-bond acceptors (Lipinski definition) is 8. The van der Waals surface area contributed by atoms with Crippen molar-refractivity contribution in [3.8, 4) is 6.07 Å². The molecule has 11 nitrogen and oxygen atoms in total. The zero-order valence-corrected chi connectivity index (χ0v) is 15.3. The summed E-state index contributed by atoms with van der Waals surface area (Å²) in [5.74, 6) is -0.733. The van der Waals surface area contributed by atoms with Gasteiger partial charge < -0.3 is 10.1 Å². The predicted molar refractivity (Wildman–Crippen MR) is 105 cm³/mol. The van der Waals surface area contributed by atoms with E-state index in [0.29, 0.717) is 5.56 Å². The number of nitro benzene ring substituents is 1. The molecule has 3 aromatic rings. The zero-order valence-electron chi connectivity index (χ0n) is 15.3. The van der Waals surface area contributed by atoms with Crippen molar-refractivity contribution in [2.45, 2.75) is 12.5 Å². The van der Waals surface area contributed by atoms with E-state index >= 15 is 0 Å². The SMILES string of the molecule is N#CCC(=O)N/N=C(/c1nc2ccc([N+](=O)[O-])cc2[nH]c1=O)C(O)c1ccccc1. The van der Waals surface area contributed by atoms with Crippen molar-refractivity contribution < 1.29 is 14.8 Å². The number of aliphatic hydroxyl groups is 1. The maximum atomic E-state index is 12.6. The van der Waals surface area contributed by atoms with Crippen LogP contribution in [0.3, 0.4) is 0 Å². The van der Waals surface area contributed by atoms with Crippen LogP contribution in [0, 0.1) is 21.4 Å². The minimum absolute atomic E-state index is 0.125. The van der Waals surface area contributed by atoms with Crippen molar-refractivity contribution in [1.29, 1.82) is 5.26 Å². The number of aromatic nitrogens is 2. The van der Waals surface area contributed by atoms with Gasteiger partial charge in [-0.15, -0.1) is 0 Å². The van der Waals surface area contributed by atoms with Crippen LogP contribution in [0.25, 0.3) is 11.0 Å². The van der Waals surface area contributed by atoms with Gasteiger partial charge in [0.15, 0.2) is 5.69 Å². The van der Waals surface area contributed by atoms with E-state index in [9.17, 15) is 24.8 Å². The summed E-state index contributed by atoms with van der Waals surface area (Å²) in [5, 5.41) is 34.1. The molecule has 1 amide bonds. The maximum Gasteiger partial charge on any atom is 0.276 e. The molecule has 30 heavy (non-hydrogen) atoms. The fourth-order valence-corrected chi connectivity index (χ4v) is 2.63. The number of aromatic amines is 1. The number of H-pyrrole nitrogens is 1. The van der Waals surface area contributed by atoms with Gasteiger partial charge in [-0.05, 0) is 11.6 Å². The lowest BCUT2D eigenvalue weighted by atomic mass is 10.0. The van der Waals surface area contributed by atoms with Gasteiger partial charge in [-0.3, -0.25) is 19.7 Å². The summed E-state index contributed by atoms with van der Waals surface area (Å²) in [5.41, 5.74) is 1.30. The van der Waals surface area contributed by atoms with Gasteiger partial charge in [-0.2, -0.15) is 10.4 Å². The largest absolute Gasteiger partial charge is 0.382 e. The summed E-state index contributed by atoms with van der Waals surface area (Å²) < 4.78 is 0. The van der Waals surface area contributed by atoms with Crippen LogP contribution in [0.1, 0.15) is 23.8 Å². The molecule has 1 heterocycles. The number of fused-ring (bicyclic) bond motifs is 1. The number of carbonyl (C=O) groups is 1. The number of rotatable bonds is 6. The number of benzene rings is 2. The van der Waals surface area contributed by atoms with Crippen LogP contribution >= 0.6 is 0 Å². The molecule has 1 atom stereocenters. The number of nitrogens with zero attached hydrogens (tertiary/aromatic N) is 4. The van der Waals surface area contributed by atoms with E-state index in [1.807, 2.05) is 0 Å². The van der Waals surface area contributed by atoms with Crippen LogP contribution in [0.15, 0.2) is 58.4 Å². The highest BCUT2D eigenvalue weighted by Crippen LogP contribution is 2.20. The average Bonchev–Trinajstić information content (AvgIpc) is 2.74. The first-order valence-corrected chi connectivity index (χ1v) is 8.56. The molecule has 11 heteroatoms. The predicted octanol–water partition coefficient (Wildman–Crippen LogP) is 1.30. The lowest BCUT2D eigenvalue weighted by molar-refractivity contribution is -0.384. The Morgan fingerprint density at radius 1 is 1.33 bits per heavy atom. The van der Waals surface area contributed by atoms with E-state index in [2.05, 4.69) is 20.5 Å². The molecule has 150 valence electrons. The maximum absolute atomic E-state index is 12.6. The Kier molecular flexibility index (Phi) is 5.90. The third kappa shape index (κ3) is 4.34. The van der Waals surface area contributed by atoms with Gasteiger partial charge in [0.1, 0.15) is 18.2 Å². The molecule has 0 saturated heterocycles. The summed E-state index contributed by atoms with van der Waals surface area (Å²) in [6.07, 6.45) is -1.89. The standard InChI is InChI=1S/C19H14N6O5/c20-9-8-15(26)23-24-16(18(27)11-4-2-1-3-5-11)17-19(28)22-14-10-12(25(29)30)6-7-13(14)21-17/h1-7,10,18,27H,8H2,(H,22,28)(H,23,26)/b24-16-. The molecule has 0 spiro atoms. The van der Waals surface area contributed by atoms with E-state index in [-0.39, 0.29) is 28.1 Å². The molecule has 0 saturated carbocycles. The quantitative estimate of drug-likeness (QED) is 0.314. The van der Waals surface area contributed by atoms with Crippen LogP contribution in [0.5, 0.6) is 0 Å². The van der Waals surface area contributed by atoms with E-state index in [1.165, 1.54) is 12.1 Å². The lowest BCUT2D eigenvalue weighted by Gasteiger charge is -2.14. The van der Waals surface area contributed by atoms with Crippen molar-refractivity contribution in [3.63, 3.8) is 0 Å². The van der Waals surface area contributed by atoms with Crippen molar-refractivity contribution in [2.24, 2.45) is 5.10 Å². The number of nitrogens with one attached hydrogen (secondary N) is 2.